The van der Waals surface area contributed by atoms with Crippen LogP contribution in [0, 0.1) is 5.53 Å². The number of hydrogen-bond donors (Lipinski definition) is 3. The normalized spacial score (nSPS) is 15.8. The van der Waals surface area contributed by atoms with E-state index >= 15 is 0 Å². The highest BCUT2D eigenvalue weighted by molar-refractivity contribution is 6.31. The number of nitrogen functional groups attached to an aromatic ring is 1. The molecule has 2 heterocycles. The van der Waals surface area contributed by atoms with Crippen molar-refractivity contribution in [1.82, 2.24) is 20.3 Å². The largest absolute Gasteiger partial charge is 0.404 e. The molecule has 0 aliphatic carbocycles. The minimum absolute atomic E-state index is 0.250. The molecular formula is C24H34ClN7O. The molecule has 0 unspecified atom stereocenters. The van der Waals surface area contributed by atoms with Crippen molar-refractivity contribution < 1.29 is 4.84 Å². The summed E-state index contributed by atoms with van der Waals surface area (Å²) in [5.74, 6) is 1.15. The molecule has 0 spiro atoms. The monoisotopic (exact) mass is 471 g/mol. The van der Waals surface area contributed by atoms with Crippen molar-refractivity contribution in [3.8, 4) is 5.75 Å². The van der Waals surface area contributed by atoms with Crippen LogP contribution in [-0.4, -0.2) is 47.7 Å². The van der Waals surface area contributed by atoms with Gasteiger partial charge in [0.2, 0.25) is 0 Å². The zero-order valence-corrected chi connectivity index (χ0v) is 20.3. The third-order valence-corrected chi connectivity index (χ3v) is 6.31. The molecule has 33 heavy (non-hydrogen) atoms. The van der Waals surface area contributed by atoms with E-state index in [1.165, 1.54) is 0 Å². The number of nitrogens with zero attached hydrogens (tertiary/aromatic N) is 4. The number of likely N-dealkylation sites (tertiary alicyclic amines) is 1. The highest BCUT2D eigenvalue weighted by atomic mass is 35.5. The van der Waals surface area contributed by atoms with Gasteiger partial charge in [-0.05, 0) is 63.9 Å². The van der Waals surface area contributed by atoms with E-state index in [-0.39, 0.29) is 6.04 Å². The van der Waals surface area contributed by atoms with Gasteiger partial charge in [0.15, 0.2) is 5.75 Å². The molecule has 1 aromatic heterocycles. The number of nitrogens with two attached hydrogens (primary N) is 1. The Morgan fingerprint density at radius 1 is 1.36 bits per heavy atom. The number of hydroxylamine groups is 2. The molecule has 0 saturated carbocycles. The van der Waals surface area contributed by atoms with Crippen LogP contribution >= 0.6 is 11.6 Å². The van der Waals surface area contributed by atoms with E-state index < -0.39 is 0 Å². The van der Waals surface area contributed by atoms with Crippen molar-refractivity contribution in [1.29, 1.82) is 5.53 Å². The summed E-state index contributed by atoms with van der Waals surface area (Å²) in [7, 11) is 1.93. The zero-order chi connectivity index (χ0) is 23.8. The van der Waals surface area contributed by atoms with Gasteiger partial charge in [-0.25, -0.2) is 5.53 Å². The molecule has 0 amide bonds. The van der Waals surface area contributed by atoms with E-state index in [0.29, 0.717) is 35.4 Å². The first-order valence-electron chi connectivity index (χ1n) is 11.3. The lowest BCUT2D eigenvalue weighted by molar-refractivity contribution is -0.0596. The number of benzene rings is 1. The number of halogens is 1. The fraction of sp³-hybridized carbons (Fsp3) is 0.458. The van der Waals surface area contributed by atoms with Crippen molar-refractivity contribution in [3.05, 3.63) is 64.7 Å². The molecule has 2 aromatic rings. The summed E-state index contributed by atoms with van der Waals surface area (Å²) in [5.41, 5.74) is 17.1. The smallest absolute Gasteiger partial charge is 0.173 e. The third-order valence-electron chi connectivity index (χ3n) is 5.97. The molecule has 178 valence electrons. The maximum Gasteiger partial charge on any atom is 0.173 e. The van der Waals surface area contributed by atoms with Gasteiger partial charge < -0.3 is 15.9 Å². The number of nitrogens with one attached hydrogen (secondary N) is 2. The summed E-state index contributed by atoms with van der Waals surface area (Å²) in [6.07, 6.45) is 5.47. The standard InChI is InChI=1S/C24H34ClN7O/c1-17(2)31(3)33-24-20(6-4-8-22(24)26)18-9-12-32(13-10-18)16-19(30-27)14-28-15-23-21(25)7-5-11-29-23/h4-8,11,14,17-18,27-28H,9-10,12-13,15-16,26H2,1-3H3/b19-14-,30-27?. The number of hydrogen-bond acceptors (Lipinski definition) is 8. The second kappa shape index (κ2) is 12.0. The fourth-order valence-electron chi connectivity index (χ4n) is 3.81. The Labute approximate surface area is 201 Å². The molecule has 0 radical (unpaired) electrons. The van der Waals surface area contributed by atoms with Crippen LogP contribution in [0.2, 0.25) is 5.02 Å². The van der Waals surface area contributed by atoms with Crippen LogP contribution in [0.1, 0.15) is 43.9 Å². The predicted molar refractivity (Wildman–Crippen MR) is 132 cm³/mol. The van der Waals surface area contributed by atoms with Crippen LogP contribution in [0.4, 0.5) is 5.69 Å². The van der Waals surface area contributed by atoms with Gasteiger partial charge in [0.1, 0.15) is 0 Å². The van der Waals surface area contributed by atoms with E-state index in [1.807, 2.05) is 30.3 Å². The van der Waals surface area contributed by atoms with Gasteiger partial charge in [0.25, 0.3) is 0 Å². The molecule has 1 aliphatic rings. The lowest BCUT2D eigenvalue weighted by Crippen LogP contribution is -2.35. The van der Waals surface area contributed by atoms with E-state index in [4.69, 9.17) is 27.7 Å². The Kier molecular flexibility index (Phi) is 9.05. The number of para-hydroxylation sites is 1. The molecule has 1 aliphatic heterocycles. The van der Waals surface area contributed by atoms with Crippen LogP contribution in [0.15, 0.2) is 53.5 Å². The Balaban J connectivity index is 1.57. The quantitative estimate of drug-likeness (QED) is 0.261. The lowest BCUT2D eigenvalue weighted by atomic mass is 9.88. The summed E-state index contributed by atoms with van der Waals surface area (Å²) in [6.45, 7) is 7.11. The average molecular weight is 472 g/mol. The highest BCUT2D eigenvalue weighted by Crippen LogP contribution is 2.38. The second-order valence-corrected chi connectivity index (χ2v) is 9.01. The van der Waals surface area contributed by atoms with Crippen LogP contribution in [0.25, 0.3) is 0 Å². The predicted octanol–water partition coefficient (Wildman–Crippen LogP) is 4.79. The van der Waals surface area contributed by atoms with Gasteiger partial charge in [-0.3, -0.25) is 9.88 Å². The Bertz CT molecular complexity index is 958. The van der Waals surface area contributed by atoms with Gasteiger partial charge in [-0.15, -0.1) is 5.06 Å². The summed E-state index contributed by atoms with van der Waals surface area (Å²) in [4.78, 5) is 12.7. The van der Waals surface area contributed by atoms with Gasteiger partial charge >= 0.3 is 0 Å². The summed E-state index contributed by atoms with van der Waals surface area (Å²) in [6, 6.07) is 9.88. The van der Waals surface area contributed by atoms with Gasteiger partial charge in [-0.1, -0.05) is 23.7 Å². The molecule has 1 aromatic carbocycles. The van der Waals surface area contributed by atoms with Crippen molar-refractivity contribution in [2.75, 3.05) is 32.4 Å². The topological polar surface area (TPSA) is 103 Å². The maximum atomic E-state index is 7.54. The van der Waals surface area contributed by atoms with Gasteiger partial charge in [0.05, 0.1) is 28.6 Å². The molecular weight excluding hydrogens is 438 g/mol. The van der Waals surface area contributed by atoms with E-state index in [2.05, 4.69) is 40.2 Å². The fourth-order valence-corrected chi connectivity index (χ4v) is 4.00. The van der Waals surface area contributed by atoms with Crippen molar-refractivity contribution in [2.24, 2.45) is 5.11 Å². The van der Waals surface area contributed by atoms with Crippen molar-refractivity contribution in [3.63, 3.8) is 0 Å². The second-order valence-electron chi connectivity index (χ2n) is 8.61. The summed E-state index contributed by atoms with van der Waals surface area (Å²) < 4.78 is 0. The van der Waals surface area contributed by atoms with Crippen molar-refractivity contribution in [2.45, 2.75) is 45.2 Å². The lowest BCUT2D eigenvalue weighted by Gasteiger charge is -2.33. The molecule has 4 N–H and O–H groups in total. The average Bonchev–Trinajstić information content (AvgIpc) is 2.81. The minimum Gasteiger partial charge on any atom is -0.404 e. The number of aromatic nitrogens is 1. The van der Waals surface area contributed by atoms with E-state index in [9.17, 15) is 0 Å². The first-order valence-corrected chi connectivity index (χ1v) is 11.7. The molecule has 0 bridgehead atoms. The molecule has 1 fully saturated rings. The number of rotatable bonds is 10. The van der Waals surface area contributed by atoms with Gasteiger partial charge in [0, 0.05) is 37.6 Å². The Morgan fingerprint density at radius 3 is 2.79 bits per heavy atom. The third kappa shape index (κ3) is 6.90. The van der Waals surface area contributed by atoms with Crippen molar-refractivity contribution >= 4 is 17.3 Å². The molecule has 8 nitrogen and oxygen atoms in total. The molecule has 3 rings (SSSR count). The van der Waals surface area contributed by atoms with Gasteiger partial charge in [-0.2, -0.15) is 5.11 Å². The van der Waals surface area contributed by atoms with E-state index in [0.717, 1.165) is 42.9 Å². The van der Waals surface area contributed by atoms with E-state index in [1.54, 1.807) is 18.5 Å². The first kappa shape index (κ1) is 25.0. The number of anilines is 1. The first-order chi connectivity index (χ1) is 15.9. The summed E-state index contributed by atoms with van der Waals surface area (Å²) >= 11 is 6.15. The summed E-state index contributed by atoms with van der Waals surface area (Å²) in [5, 5.41) is 9.33. The molecule has 9 heteroatoms. The number of pyridine rings is 1. The van der Waals surface area contributed by atoms with Crippen LogP contribution < -0.4 is 15.9 Å². The molecule has 0 atom stereocenters. The van der Waals surface area contributed by atoms with Crippen LogP contribution in [0.3, 0.4) is 0 Å². The molecule has 1 saturated heterocycles. The van der Waals surface area contributed by atoms with Crippen LogP contribution in [-0.2, 0) is 6.54 Å². The highest BCUT2D eigenvalue weighted by Gasteiger charge is 2.25. The Morgan fingerprint density at radius 2 is 2.12 bits per heavy atom. The zero-order valence-electron chi connectivity index (χ0n) is 19.6. The number of piperidine rings is 1. The Hall–Kier alpha value is -2.68. The van der Waals surface area contributed by atoms with Crippen LogP contribution in [0.5, 0.6) is 5.75 Å². The SMILES string of the molecule is CC(C)N(C)Oc1c(N)cccc1C1CCN(C/C(=C/NCc2ncccc2Cl)N=N)CC1. The minimum atomic E-state index is 0.250. The maximum absolute atomic E-state index is 7.54.